The first-order valence-electron chi connectivity index (χ1n) is 4.97. The molecule has 1 N–H and O–H groups in total. The van der Waals surface area contributed by atoms with Crippen LogP contribution in [0.1, 0.15) is 12.5 Å². The van der Waals surface area contributed by atoms with Gasteiger partial charge in [-0.1, -0.05) is 24.1 Å². The summed E-state index contributed by atoms with van der Waals surface area (Å²) in [5.41, 5.74) is 1.37. The Balaban J connectivity index is 2.10. The van der Waals surface area contributed by atoms with Gasteiger partial charge in [-0.2, -0.15) is 0 Å². The third-order valence-electron chi connectivity index (χ3n) is 2.27. The second-order valence-corrected chi connectivity index (χ2v) is 4.20. The van der Waals surface area contributed by atoms with Crippen LogP contribution in [-0.4, -0.2) is 6.54 Å². The first-order chi connectivity index (χ1) is 7.42. The van der Waals surface area contributed by atoms with Crippen molar-refractivity contribution in [2.24, 2.45) is 0 Å². The molecule has 2 rings (SSSR count). The van der Waals surface area contributed by atoms with Crippen LogP contribution in [0.4, 0.5) is 0 Å². The number of nitrogens with one attached hydrogen (secondary N) is 1. The molecule has 0 aliphatic heterocycles. The van der Waals surface area contributed by atoms with E-state index in [1.807, 2.05) is 6.92 Å². The van der Waals surface area contributed by atoms with Crippen molar-refractivity contribution in [2.75, 3.05) is 6.54 Å². The smallest absolute Gasteiger partial charge is 0.0579 e. The quantitative estimate of drug-likeness (QED) is 0.613. The van der Waals surface area contributed by atoms with Crippen LogP contribution < -0.4 is 5.32 Å². The molecule has 2 heteroatoms. The number of thiophene rings is 1. The molecule has 0 bridgehead atoms. The summed E-state index contributed by atoms with van der Waals surface area (Å²) in [4.78, 5) is 0. The van der Waals surface area contributed by atoms with Crippen molar-refractivity contribution in [3.63, 3.8) is 0 Å². The molecule has 1 nitrogen and oxygen atoms in total. The molecule has 0 fully saturated rings. The van der Waals surface area contributed by atoms with E-state index in [1.54, 1.807) is 11.3 Å². The fraction of sp³-hybridized carbons (Fsp3) is 0.231. The molecule has 0 aliphatic carbocycles. The summed E-state index contributed by atoms with van der Waals surface area (Å²) in [5.74, 6) is 5.88. The van der Waals surface area contributed by atoms with Crippen LogP contribution in [0.2, 0.25) is 0 Å². The average molecular weight is 215 g/mol. The Bertz CT molecular complexity index is 502. The number of benzene rings is 1. The van der Waals surface area contributed by atoms with Gasteiger partial charge in [-0.05, 0) is 29.3 Å². The Morgan fingerprint density at radius 2 is 2.20 bits per heavy atom. The number of fused-ring (bicyclic) bond motifs is 1. The third kappa shape index (κ3) is 2.38. The molecular formula is C13H13NS. The van der Waals surface area contributed by atoms with Crippen molar-refractivity contribution in [3.05, 3.63) is 35.2 Å². The van der Waals surface area contributed by atoms with Gasteiger partial charge in [-0.15, -0.1) is 17.3 Å². The van der Waals surface area contributed by atoms with Gasteiger partial charge in [-0.25, -0.2) is 0 Å². The number of hydrogen-bond acceptors (Lipinski definition) is 2. The van der Waals surface area contributed by atoms with E-state index in [-0.39, 0.29) is 0 Å². The first-order valence-corrected chi connectivity index (χ1v) is 5.85. The molecule has 2 aromatic rings. The number of rotatable bonds is 3. The molecular weight excluding hydrogens is 202 g/mol. The fourth-order valence-electron chi connectivity index (χ4n) is 1.52. The standard InChI is InChI=1S/C13H13NS/c1-2-3-8-14-9-11-10-15-13-7-5-4-6-12(11)13/h4-7,10,14H,8-9H2,1H3. The molecule has 0 saturated heterocycles. The van der Waals surface area contributed by atoms with Crippen molar-refractivity contribution in [2.45, 2.75) is 13.5 Å². The minimum absolute atomic E-state index is 0.765. The van der Waals surface area contributed by atoms with Crippen LogP contribution in [0.15, 0.2) is 29.6 Å². The molecule has 0 unspecified atom stereocenters. The highest BCUT2D eigenvalue weighted by atomic mass is 32.1. The maximum Gasteiger partial charge on any atom is 0.0579 e. The summed E-state index contributed by atoms with van der Waals surface area (Å²) in [6, 6.07) is 8.51. The fourth-order valence-corrected chi connectivity index (χ4v) is 2.48. The maximum atomic E-state index is 3.31. The van der Waals surface area contributed by atoms with E-state index in [9.17, 15) is 0 Å². The van der Waals surface area contributed by atoms with Crippen LogP contribution in [0.5, 0.6) is 0 Å². The normalized spacial score (nSPS) is 9.93. The van der Waals surface area contributed by atoms with Gasteiger partial charge in [-0.3, -0.25) is 0 Å². The molecule has 1 heterocycles. The highest BCUT2D eigenvalue weighted by Gasteiger charge is 2.01. The van der Waals surface area contributed by atoms with E-state index in [2.05, 4.69) is 46.8 Å². The molecule has 0 amide bonds. The predicted molar refractivity (Wildman–Crippen MR) is 67.0 cm³/mol. The predicted octanol–water partition coefficient (Wildman–Crippen LogP) is 3.01. The Morgan fingerprint density at radius 1 is 1.33 bits per heavy atom. The van der Waals surface area contributed by atoms with Gasteiger partial charge < -0.3 is 5.32 Å². The lowest BCUT2D eigenvalue weighted by atomic mass is 10.2. The van der Waals surface area contributed by atoms with Crippen LogP contribution in [-0.2, 0) is 6.54 Å². The molecule has 0 aliphatic rings. The Kier molecular flexibility index (Phi) is 3.39. The van der Waals surface area contributed by atoms with E-state index >= 15 is 0 Å². The van der Waals surface area contributed by atoms with Crippen LogP contribution in [0, 0.1) is 11.8 Å². The molecule has 0 radical (unpaired) electrons. The van der Waals surface area contributed by atoms with Crippen LogP contribution in [0.3, 0.4) is 0 Å². The van der Waals surface area contributed by atoms with E-state index < -0.39 is 0 Å². The van der Waals surface area contributed by atoms with Gasteiger partial charge >= 0.3 is 0 Å². The van der Waals surface area contributed by atoms with Crippen LogP contribution >= 0.6 is 11.3 Å². The summed E-state index contributed by atoms with van der Waals surface area (Å²) in [7, 11) is 0. The van der Waals surface area contributed by atoms with Crippen molar-refractivity contribution < 1.29 is 0 Å². The van der Waals surface area contributed by atoms with Gasteiger partial charge in [0.15, 0.2) is 0 Å². The third-order valence-corrected chi connectivity index (χ3v) is 3.28. The molecule has 0 atom stereocenters. The zero-order chi connectivity index (χ0) is 10.5. The van der Waals surface area contributed by atoms with Crippen molar-refractivity contribution in [1.29, 1.82) is 0 Å². The average Bonchev–Trinajstić information content (AvgIpc) is 2.68. The monoisotopic (exact) mass is 215 g/mol. The zero-order valence-electron chi connectivity index (χ0n) is 8.71. The molecule has 76 valence electrons. The minimum Gasteiger partial charge on any atom is -0.302 e. The SMILES string of the molecule is CC#CCNCc1csc2ccccc12. The Morgan fingerprint density at radius 3 is 3.07 bits per heavy atom. The van der Waals surface area contributed by atoms with Gasteiger partial charge in [0.25, 0.3) is 0 Å². The van der Waals surface area contributed by atoms with Gasteiger partial charge in [0.2, 0.25) is 0 Å². The Hall–Kier alpha value is -1.30. The van der Waals surface area contributed by atoms with E-state index in [0.29, 0.717) is 0 Å². The highest BCUT2D eigenvalue weighted by Crippen LogP contribution is 2.25. The summed E-state index contributed by atoms with van der Waals surface area (Å²) >= 11 is 1.80. The second kappa shape index (κ2) is 4.97. The van der Waals surface area contributed by atoms with Crippen LogP contribution in [0.25, 0.3) is 10.1 Å². The van der Waals surface area contributed by atoms with Crippen molar-refractivity contribution in [1.82, 2.24) is 5.32 Å². The van der Waals surface area contributed by atoms with E-state index in [0.717, 1.165) is 13.1 Å². The zero-order valence-corrected chi connectivity index (χ0v) is 9.53. The summed E-state index contributed by atoms with van der Waals surface area (Å²) in [6.45, 7) is 3.53. The molecule has 0 saturated carbocycles. The lowest BCUT2D eigenvalue weighted by molar-refractivity contribution is 0.776. The summed E-state index contributed by atoms with van der Waals surface area (Å²) in [6.07, 6.45) is 0. The molecule has 1 aromatic heterocycles. The highest BCUT2D eigenvalue weighted by molar-refractivity contribution is 7.17. The largest absolute Gasteiger partial charge is 0.302 e. The number of hydrogen-bond donors (Lipinski definition) is 1. The maximum absolute atomic E-state index is 3.31. The lowest BCUT2D eigenvalue weighted by Crippen LogP contribution is -2.12. The topological polar surface area (TPSA) is 12.0 Å². The van der Waals surface area contributed by atoms with Crippen molar-refractivity contribution in [3.8, 4) is 11.8 Å². The molecule has 15 heavy (non-hydrogen) atoms. The molecule has 1 aromatic carbocycles. The lowest BCUT2D eigenvalue weighted by Gasteiger charge is -1.98. The van der Waals surface area contributed by atoms with Gasteiger partial charge in [0, 0.05) is 11.2 Å². The minimum atomic E-state index is 0.765. The Labute approximate surface area is 94.1 Å². The van der Waals surface area contributed by atoms with E-state index in [1.165, 1.54) is 15.6 Å². The molecule has 0 spiro atoms. The first kappa shape index (κ1) is 10.2. The van der Waals surface area contributed by atoms with E-state index in [4.69, 9.17) is 0 Å². The van der Waals surface area contributed by atoms with Gasteiger partial charge in [0.05, 0.1) is 6.54 Å². The second-order valence-electron chi connectivity index (χ2n) is 3.29. The van der Waals surface area contributed by atoms with Gasteiger partial charge in [0.1, 0.15) is 0 Å². The summed E-state index contributed by atoms with van der Waals surface area (Å²) < 4.78 is 1.36. The van der Waals surface area contributed by atoms with Crippen molar-refractivity contribution >= 4 is 21.4 Å². The summed E-state index contributed by atoms with van der Waals surface area (Å²) in [5, 5.41) is 6.89.